The lowest BCUT2D eigenvalue weighted by Gasteiger charge is -2.54. The van der Waals surface area contributed by atoms with Crippen LogP contribution in [0.3, 0.4) is 0 Å². The molecular weight excluding hydrogens is 320 g/mol. The molecule has 4 rings (SSSR count). The summed E-state index contributed by atoms with van der Waals surface area (Å²) in [4.78, 5) is 36.9. The van der Waals surface area contributed by atoms with E-state index in [4.69, 9.17) is 0 Å². The number of fused-ring (bicyclic) bond motifs is 5. The number of carbonyl (C=O) groups is 3. The van der Waals surface area contributed by atoms with E-state index in [9.17, 15) is 24.6 Å². The minimum absolute atomic E-state index is 0.0164. The quantitative estimate of drug-likeness (QED) is 0.789. The maximum absolute atomic E-state index is 13.1. The van der Waals surface area contributed by atoms with Gasteiger partial charge in [-0.15, -0.1) is 0 Å². The number of aliphatic hydroxyl groups excluding tert-OH is 1. The highest BCUT2D eigenvalue weighted by molar-refractivity contribution is 6.02. The van der Waals surface area contributed by atoms with E-state index < -0.39 is 23.5 Å². The molecule has 6 atom stereocenters. The fraction of sp³-hybridized carbons (Fsp3) is 0.650. The third-order valence-electron chi connectivity index (χ3n) is 7.30. The van der Waals surface area contributed by atoms with Crippen molar-refractivity contribution in [1.29, 1.82) is 0 Å². The first-order valence-electron chi connectivity index (χ1n) is 9.14. The van der Waals surface area contributed by atoms with Gasteiger partial charge in [0, 0.05) is 23.7 Å². The van der Waals surface area contributed by atoms with Crippen molar-refractivity contribution >= 4 is 17.3 Å². The van der Waals surface area contributed by atoms with E-state index >= 15 is 0 Å². The maximum atomic E-state index is 13.1. The Morgan fingerprint density at radius 2 is 2.04 bits per heavy atom. The lowest BCUT2D eigenvalue weighted by Crippen LogP contribution is -2.59. The summed E-state index contributed by atoms with van der Waals surface area (Å²) < 4.78 is 0. The molecule has 4 aliphatic carbocycles. The number of hydrogen-bond donors (Lipinski definition) is 2. The number of aliphatic hydroxyl groups is 2. The van der Waals surface area contributed by atoms with Gasteiger partial charge >= 0.3 is 0 Å². The lowest BCUT2D eigenvalue weighted by atomic mass is 9.49. The van der Waals surface area contributed by atoms with Gasteiger partial charge in [0.25, 0.3) is 0 Å². The van der Waals surface area contributed by atoms with Crippen molar-refractivity contribution in [2.75, 3.05) is 6.61 Å². The molecule has 0 heterocycles. The summed E-state index contributed by atoms with van der Waals surface area (Å²) >= 11 is 0. The summed E-state index contributed by atoms with van der Waals surface area (Å²) in [5, 5.41) is 20.5. The number of carbonyl (C=O) groups excluding carboxylic acids is 3. The Hall–Kier alpha value is -1.59. The molecule has 3 saturated carbocycles. The molecule has 5 heteroatoms. The second-order valence-electron chi connectivity index (χ2n) is 8.36. The number of allylic oxidation sites excluding steroid dienone is 4. The van der Waals surface area contributed by atoms with Crippen LogP contribution in [0, 0.1) is 29.1 Å². The van der Waals surface area contributed by atoms with Gasteiger partial charge in [-0.05, 0) is 49.7 Å². The molecule has 6 unspecified atom stereocenters. The first-order chi connectivity index (χ1) is 11.8. The molecule has 0 radical (unpaired) electrons. The van der Waals surface area contributed by atoms with Gasteiger partial charge in [-0.2, -0.15) is 0 Å². The second kappa shape index (κ2) is 5.45. The molecule has 3 fully saturated rings. The Morgan fingerprint density at radius 3 is 2.76 bits per heavy atom. The van der Waals surface area contributed by atoms with Crippen LogP contribution in [0.5, 0.6) is 0 Å². The van der Waals surface area contributed by atoms with E-state index in [2.05, 4.69) is 0 Å². The van der Waals surface area contributed by atoms with E-state index in [0.29, 0.717) is 12.8 Å². The van der Waals surface area contributed by atoms with Crippen molar-refractivity contribution in [3.63, 3.8) is 0 Å². The van der Waals surface area contributed by atoms with Gasteiger partial charge in [-0.25, -0.2) is 0 Å². The van der Waals surface area contributed by atoms with Crippen molar-refractivity contribution in [3.05, 3.63) is 23.8 Å². The maximum Gasteiger partial charge on any atom is 0.178 e. The Balaban J connectivity index is 1.73. The minimum atomic E-state index is -1.32. The van der Waals surface area contributed by atoms with Gasteiger partial charge in [0.05, 0.1) is 5.60 Å². The Labute approximate surface area is 146 Å². The lowest BCUT2D eigenvalue weighted by molar-refractivity contribution is -0.161. The fourth-order valence-electron chi connectivity index (χ4n) is 6.21. The summed E-state index contributed by atoms with van der Waals surface area (Å²) in [6.07, 6.45) is 7.79. The first-order valence-corrected chi connectivity index (χ1v) is 9.14. The van der Waals surface area contributed by atoms with Crippen LogP contribution >= 0.6 is 0 Å². The Kier molecular flexibility index (Phi) is 3.68. The standard InChI is InChI=1S/C20H24O5/c1-19-7-6-12(22)8-11(19)2-3-13-14-4-5-15(17(24)10-21)20(14,25)9-16(23)18(13)19/h6-8,13-15,18,21,25H,2-5,9-10H2,1H3. The number of Topliss-reactive ketones (excluding diaryl/α,β-unsaturated/α-hetero) is 2. The second-order valence-corrected chi connectivity index (χ2v) is 8.36. The SMILES string of the molecule is CC12C=CC(=O)C=C1CCC1C2C(=O)CC2(O)C(C(=O)CO)CCC12. The van der Waals surface area contributed by atoms with Crippen LogP contribution in [0.1, 0.15) is 39.0 Å². The number of rotatable bonds is 2. The van der Waals surface area contributed by atoms with E-state index in [0.717, 1.165) is 18.4 Å². The van der Waals surface area contributed by atoms with Gasteiger partial charge in [0.1, 0.15) is 12.4 Å². The number of hydrogen-bond acceptors (Lipinski definition) is 5. The predicted octanol–water partition coefficient (Wildman–Crippen LogP) is 1.38. The smallest absolute Gasteiger partial charge is 0.178 e. The van der Waals surface area contributed by atoms with Crippen molar-refractivity contribution in [2.24, 2.45) is 29.1 Å². The molecule has 0 bridgehead atoms. The summed E-state index contributed by atoms with van der Waals surface area (Å²) in [6.45, 7) is 1.43. The van der Waals surface area contributed by atoms with E-state index in [1.807, 2.05) is 13.0 Å². The van der Waals surface area contributed by atoms with Crippen molar-refractivity contribution in [1.82, 2.24) is 0 Å². The molecule has 0 aromatic carbocycles. The molecule has 0 aromatic rings. The third kappa shape index (κ3) is 2.18. The van der Waals surface area contributed by atoms with E-state index in [1.165, 1.54) is 0 Å². The van der Waals surface area contributed by atoms with Gasteiger partial charge in [0.15, 0.2) is 11.6 Å². The predicted molar refractivity (Wildman–Crippen MR) is 89.4 cm³/mol. The summed E-state index contributed by atoms with van der Waals surface area (Å²) in [7, 11) is 0. The zero-order chi connectivity index (χ0) is 18.0. The molecule has 0 saturated heterocycles. The minimum Gasteiger partial charge on any atom is -0.389 e. The summed E-state index contributed by atoms with van der Waals surface area (Å²) in [5.74, 6) is -1.37. The largest absolute Gasteiger partial charge is 0.389 e. The van der Waals surface area contributed by atoms with Crippen molar-refractivity contribution in [2.45, 2.75) is 44.6 Å². The summed E-state index contributed by atoms with van der Waals surface area (Å²) in [5.41, 5.74) is -0.765. The van der Waals surface area contributed by atoms with E-state index in [1.54, 1.807) is 12.2 Å². The molecule has 134 valence electrons. The van der Waals surface area contributed by atoms with Gasteiger partial charge in [0.2, 0.25) is 0 Å². The first kappa shape index (κ1) is 16.9. The van der Waals surface area contributed by atoms with Crippen LogP contribution in [-0.4, -0.2) is 39.8 Å². The number of ketones is 3. The highest BCUT2D eigenvalue weighted by atomic mass is 16.3. The van der Waals surface area contributed by atoms with Crippen molar-refractivity contribution in [3.8, 4) is 0 Å². The van der Waals surface area contributed by atoms with Gasteiger partial charge in [-0.3, -0.25) is 14.4 Å². The van der Waals surface area contributed by atoms with Gasteiger partial charge < -0.3 is 10.2 Å². The molecule has 0 amide bonds. The van der Waals surface area contributed by atoms with Crippen LogP contribution in [0.4, 0.5) is 0 Å². The molecule has 2 N–H and O–H groups in total. The Bertz CT molecular complexity index is 720. The zero-order valence-electron chi connectivity index (χ0n) is 14.4. The van der Waals surface area contributed by atoms with Crippen LogP contribution in [-0.2, 0) is 14.4 Å². The van der Waals surface area contributed by atoms with E-state index in [-0.39, 0.29) is 41.5 Å². The average Bonchev–Trinajstić information content (AvgIpc) is 2.91. The molecular formula is C20H24O5. The molecule has 25 heavy (non-hydrogen) atoms. The molecule has 0 aliphatic heterocycles. The third-order valence-corrected chi connectivity index (χ3v) is 7.30. The van der Waals surface area contributed by atoms with Crippen LogP contribution < -0.4 is 0 Å². The molecule has 0 spiro atoms. The normalized spacial score (nSPS) is 45.5. The Morgan fingerprint density at radius 1 is 1.28 bits per heavy atom. The molecule has 5 nitrogen and oxygen atoms in total. The fourth-order valence-corrected chi connectivity index (χ4v) is 6.21. The van der Waals surface area contributed by atoms with Gasteiger partial charge in [-0.1, -0.05) is 18.6 Å². The highest BCUT2D eigenvalue weighted by Crippen LogP contribution is 2.61. The summed E-state index contributed by atoms with van der Waals surface area (Å²) in [6, 6.07) is 0. The highest BCUT2D eigenvalue weighted by Gasteiger charge is 2.64. The average molecular weight is 344 g/mol. The zero-order valence-corrected chi connectivity index (χ0v) is 14.4. The van der Waals surface area contributed by atoms with Crippen LogP contribution in [0.25, 0.3) is 0 Å². The molecule has 4 aliphatic rings. The van der Waals surface area contributed by atoms with Crippen molar-refractivity contribution < 1.29 is 24.6 Å². The molecule has 0 aromatic heterocycles. The topological polar surface area (TPSA) is 91.7 Å². The monoisotopic (exact) mass is 344 g/mol. The van der Waals surface area contributed by atoms with Crippen LogP contribution in [0.2, 0.25) is 0 Å². The van der Waals surface area contributed by atoms with Crippen LogP contribution in [0.15, 0.2) is 23.8 Å².